The highest BCUT2D eigenvalue weighted by atomic mass is 16.5. The molecule has 0 radical (unpaired) electrons. The molecule has 5 rings (SSSR count). The minimum atomic E-state index is -0.0583. The van der Waals surface area contributed by atoms with Crippen molar-refractivity contribution in [3.8, 4) is 22.8 Å². The third kappa shape index (κ3) is 4.14. The molecule has 1 amide bonds. The Kier molecular flexibility index (Phi) is 6.01. The topological polar surface area (TPSA) is 132 Å². The second kappa shape index (κ2) is 9.26. The smallest absolute Gasteiger partial charge is 0.239 e. The third-order valence-corrected chi connectivity index (χ3v) is 6.33. The van der Waals surface area contributed by atoms with Crippen LogP contribution < -0.4 is 25.4 Å². The standard InChI is InChI=1S/C23H28N8O3/c1-33-17-6-5-14(12-18(17)34-2)16-13-26-20-19(27-16)21(29-23(24)28-20)30-8-10-31(11-9-30)22(32)15-4-3-7-25-15/h5-6,12-13,15,25H,3-4,7-11H2,1-2H3,(H2,24,26,28,29)/t15-/m0/s1. The van der Waals surface area contributed by atoms with E-state index in [-0.39, 0.29) is 17.9 Å². The lowest BCUT2D eigenvalue weighted by Gasteiger charge is -2.36. The van der Waals surface area contributed by atoms with Gasteiger partial charge in [0.15, 0.2) is 28.5 Å². The average Bonchev–Trinajstić information content (AvgIpc) is 3.42. The van der Waals surface area contributed by atoms with Gasteiger partial charge in [0.1, 0.15) is 0 Å². The Bertz CT molecular complexity index is 1210. The van der Waals surface area contributed by atoms with Crippen molar-refractivity contribution in [2.75, 3.05) is 57.6 Å². The van der Waals surface area contributed by atoms with E-state index in [0.29, 0.717) is 60.4 Å². The number of piperazine rings is 1. The maximum atomic E-state index is 12.8. The summed E-state index contributed by atoms with van der Waals surface area (Å²) in [6, 6.07) is 5.53. The highest BCUT2D eigenvalue weighted by molar-refractivity contribution is 5.86. The fraction of sp³-hybridized carbons (Fsp3) is 0.435. The van der Waals surface area contributed by atoms with Crippen molar-refractivity contribution in [2.24, 2.45) is 0 Å². The van der Waals surface area contributed by atoms with Crippen LogP contribution in [0.25, 0.3) is 22.4 Å². The molecule has 4 heterocycles. The van der Waals surface area contributed by atoms with Crippen molar-refractivity contribution < 1.29 is 14.3 Å². The summed E-state index contributed by atoms with van der Waals surface area (Å²) in [5, 5.41) is 3.29. The van der Waals surface area contributed by atoms with Gasteiger partial charge in [-0.2, -0.15) is 9.97 Å². The van der Waals surface area contributed by atoms with Crippen LogP contribution in [-0.4, -0.2) is 83.7 Å². The van der Waals surface area contributed by atoms with Gasteiger partial charge in [0, 0.05) is 31.7 Å². The Balaban J connectivity index is 1.43. The molecule has 0 saturated carbocycles. The molecule has 2 aliphatic rings. The van der Waals surface area contributed by atoms with Crippen molar-refractivity contribution in [3.63, 3.8) is 0 Å². The number of carbonyl (C=O) groups is 1. The summed E-state index contributed by atoms with van der Waals surface area (Å²) in [5.74, 6) is 2.19. The summed E-state index contributed by atoms with van der Waals surface area (Å²) in [7, 11) is 3.19. The first kappa shape index (κ1) is 22.1. The van der Waals surface area contributed by atoms with Gasteiger partial charge in [0.25, 0.3) is 0 Å². The molecule has 2 fully saturated rings. The van der Waals surface area contributed by atoms with Crippen LogP contribution in [0.4, 0.5) is 11.8 Å². The van der Waals surface area contributed by atoms with Crippen LogP contribution in [0.5, 0.6) is 11.5 Å². The van der Waals surface area contributed by atoms with Crippen molar-refractivity contribution >= 4 is 28.8 Å². The van der Waals surface area contributed by atoms with Crippen LogP contribution in [0.1, 0.15) is 12.8 Å². The van der Waals surface area contributed by atoms with Gasteiger partial charge in [-0.25, -0.2) is 9.97 Å². The quantitative estimate of drug-likeness (QED) is 0.565. The van der Waals surface area contributed by atoms with Gasteiger partial charge in [-0.05, 0) is 37.6 Å². The van der Waals surface area contributed by atoms with Gasteiger partial charge in [0.05, 0.1) is 32.2 Å². The lowest BCUT2D eigenvalue weighted by atomic mass is 10.1. The SMILES string of the molecule is COc1ccc(-c2cnc3nc(N)nc(N4CCN(C(=O)[C@@H]5CCCN5)CC4)c3n2)cc1OC. The minimum absolute atomic E-state index is 0.0583. The molecule has 3 N–H and O–H groups in total. The Morgan fingerprint density at radius 1 is 1.09 bits per heavy atom. The number of nitrogen functional groups attached to an aromatic ring is 1. The van der Waals surface area contributed by atoms with Gasteiger partial charge in [-0.3, -0.25) is 4.79 Å². The van der Waals surface area contributed by atoms with E-state index < -0.39 is 0 Å². The van der Waals surface area contributed by atoms with E-state index in [9.17, 15) is 4.79 Å². The molecule has 1 aromatic carbocycles. The summed E-state index contributed by atoms with van der Waals surface area (Å²) in [4.78, 5) is 34.9. The minimum Gasteiger partial charge on any atom is -0.493 e. The fourth-order valence-corrected chi connectivity index (χ4v) is 4.52. The van der Waals surface area contributed by atoms with E-state index in [1.54, 1.807) is 20.4 Å². The molecule has 0 spiro atoms. The second-order valence-electron chi connectivity index (χ2n) is 8.36. The normalized spacial score (nSPS) is 18.4. The van der Waals surface area contributed by atoms with Crippen molar-refractivity contribution in [1.29, 1.82) is 0 Å². The van der Waals surface area contributed by atoms with Gasteiger partial charge >= 0.3 is 0 Å². The molecule has 2 saturated heterocycles. The fourth-order valence-electron chi connectivity index (χ4n) is 4.52. The largest absolute Gasteiger partial charge is 0.493 e. The van der Waals surface area contributed by atoms with Crippen LogP contribution in [0.15, 0.2) is 24.4 Å². The number of carbonyl (C=O) groups excluding carboxylic acids is 1. The highest BCUT2D eigenvalue weighted by Gasteiger charge is 2.30. The number of nitrogens with one attached hydrogen (secondary N) is 1. The van der Waals surface area contributed by atoms with Crippen molar-refractivity contribution in [1.82, 2.24) is 30.2 Å². The summed E-state index contributed by atoms with van der Waals surface area (Å²) in [6.45, 7) is 3.40. The predicted octanol–water partition coefficient (Wildman–Crippen LogP) is 1.09. The van der Waals surface area contributed by atoms with E-state index >= 15 is 0 Å². The molecule has 2 aliphatic heterocycles. The number of aromatic nitrogens is 4. The van der Waals surface area contributed by atoms with Crippen molar-refractivity contribution in [3.05, 3.63) is 24.4 Å². The Labute approximate surface area is 197 Å². The summed E-state index contributed by atoms with van der Waals surface area (Å²) in [6.07, 6.45) is 3.61. The molecule has 0 bridgehead atoms. The first-order valence-electron chi connectivity index (χ1n) is 11.4. The van der Waals surface area contributed by atoms with E-state index in [1.807, 2.05) is 23.1 Å². The zero-order valence-electron chi connectivity index (χ0n) is 19.3. The van der Waals surface area contributed by atoms with Crippen LogP contribution in [0, 0.1) is 0 Å². The maximum absolute atomic E-state index is 12.8. The number of nitrogens with two attached hydrogens (primary N) is 1. The highest BCUT2D eigenvalue weighted by Crippen LogP contribution is 2.32. The van der Waals surface area contributed by atoms with Gasteiger partial charge < -0.3 is 30.3 Å². The number of hydrogen-bond acceptors (Lipinski definition) is 10. The van der Waals surface area contributed by atoms with Gasteiger partial charge in [0.2, 0.25) is 11.9 Å². The number of rotatable bonds is 5. The Morgan fingerprint density at radius 2 is 1.88 bits per heavy atom. The summed E-state index contributed by atoms with van der Waals surface area (Å²) < 4.78 is 10.8. The zero-order chi connectivity index (χ0) is 23.7. The van der Waals surface area contributed by atoms with Crippen LogP contribution in [0.3, 0.4) is 0 Å². The lowest BCUT2D eigenvalue weighted by molar-refractivity contribution is -0.133. The van der Waals surface area contributed by atoms with Crippen LogP contribution >= 0.6 is 0 Å². The molecule has 34 heavy (non-hydrogen) atoms. The molecular weight excluding hydrogens is 436 g/mol. The second-order valence-corrected chi connectivity index (χ2v) is 8.36. The number of fused-ring (bicyclic) bond motifs is 1. The zero-order valence-corrected chi connectivity index (χ0v) is 19.3. The summed E-state index contributed by atoms with van der Waals surface area (Å²) in [5.41, 5.74) is 8.47. The molecular formula is C23H28N8O3. The first-order chi connectivity index (χ1) is 16.6. The molecule has 3 aromatic rings. The molecule has 11 nitrogen and oxygen atoms in total. The van der Waals surface area contributed by atoms with E-state index in [0.717, 1.165) is 24.9 Å². The van der Waals surface area contributed by atoms with Crippen LogP contribution in [-0.2, 0) is 4.79 Å². The molecule has 0 aliphatic carbocycles. The van der Waals surface area contributed by atoms with Gasteiger partial charge in [-0.15, -0.1) is 0 Å². The predicted molar refractivity (Wildman–Crippen MR) is 128 cm³/mol. The number of nitrogens with zero attached hydrogens (tertiary/aromatic N) is 6. The molecule has 11 heteroatoms. The molecule has 1 atom stereocenters. The lowest BCUT2D eigenvalue weighted by Crippen LogP contribution is -2.53. The molecule has 178 valence electrons. The summed E-state index contributed by atoms with van der Waals surface area (Å²) >= 11 is 0. The Morgan fingerprint density at radius 3 is 2.59 bits per heavy atom. The van der Waals surface area contributed by atoms with E-state index in [2.05, 4.69) is 25.2 Å². The van der Waals surface area contributed by atoms with E-state index in [1.165, 1.54) is 0 Å². The maximum Gasteiger partial charge on any atom is 0.239 e. The third-order valence-electron chi connectivity index (χ3n) is 6.33. The number of hydrogen-bond donors (Lipinski definition) is 2. The van der Waals surface area contributed by atoms with E-state index in [4.69, 9.17) is 20.2 Å². The molecule has 0 unspecified atom stereocenters. The number of amides is 1. The monoisotopic (exact) mass is 464 g/mol. The number of anilines is 2. The number of ether oxygens (including phenoxy) is 2. The molecule has 2 aromatic heterocycles. The van der Waals surface area contributed by atoms with Crippen LogP contribution in [0.2, 0.25) is 0 Å². The average molecular weight is 465 g/mol. The Hall–Kier alpha value is -3.73. The number of benzene rings is 1. The van der Waals surface area contributed by atoms with Gasteiger partial charge in [-0.1, -0.05) is 0 Å². The van der Waals surface area contributed by atoms with Crippen molar-refractivity contribution in [2.45, 2.75) is 18.9 Å². The first-order valence-corrected chi connectivity index (χ1v) is 11.4. The number of methoxy groups -OCH3 is 2.